The molecule has 5 heteroatoms. The van der Waals surface area contributed by atoms with E-state index in [-0.39, 0.29) is 6.61 Å². The lowest BCUT2D eigenvalue weighted by molar-refractivity contribution is -0.249. The van der Waals surface area contributed by atoms with Crippen LogP contribution in [0.5, 0.6) is 0 Å². The maximum absolute atomic E-state index is 10.4. The van der Waals surface area contributed by atoms with E-state index < -0.39 is 11.9 Å². The molecule has 0 heterocycles. The average Bonchev–Trinajstić information content (AvgIpc) is 2.41. The monoisotopic (exact) mass is 318 g/mol. The molecule has 0 radical (unpaired) electrons. The number of aliphatic hydroxyl groups is 2. The molecule has 2 N–H and O–H groups in total. The molecule has 3 nitrogen and oxygen atoms in total. The third-order valence-corrected chi connectivity index (χ3v) is 4.27. The number of halogens is 2. The van der Waals surface area contributed by atoms with Gasteiger partial charge in [0, 0.05) is 29.3 Å². The molecule has 1 fully saturated rings. The zero-order valence-electron chi connectivity index (χ0n) is 11.3. The smallest absolute Gasteiger partial charge is 0.165 e. The van der Waals surface area contributed by atoms with Gasteiger partial charge in [-0.3, -0.25) is 0 Å². The first-order valence-electron chi connectivity index (χ1n) is 6.97. The van der Waals surface area contributed by atoms with Crippen molar-refractivity contribution in [3.8, 4) is 0 Å². The minimum atomic E-state index is -1.11. The van der Waals surface area contributed by atoms with Gasteiger partial charge in [-0.1, -0.05) is 35.7 Å². The topological polar surface area (TPSA) is 49.7 Å². The number of hydrogen-bond donors (Lipinski definition) is 2. The van der Waals surface area contributed by atoms with Crippen LogP contribution in [0.2, 0.25) is 10.0 Å². The van der Waals surface area contributed by atoms with Crippen LogP contribution >= 0.6 is 23.2 Å². The fourth-order valence-corrected chi connectivity index (χ4v) is 3.09. The summed E-state index contributed by atoms with van der Waals surface area (Å²) in [4.78, 5) is 0. The van der Waals surface area contributed by atoms with E-state index in [1.807, 2.05) is 6.07 Å². The highest BCUT2D eigenvalue weighted by atomic mass is 35.5. The van der Waals surface area contributed by atoms with E-state index in [1.54, 1.807) is 12.1 Å². The molecular weight excluding hydrogens is 299 g/mol. The summed E-state index contributed by atoms with van der Waals surface area (Å²) in [5.41, 5.74) is 0.856. The Balaban J connectivity index is 2.01. The van der Waals surface area contributed by atoms with Gasteiger partial charge in [-0.05, 0) is 30.5 Å². The van der Waals surface area contributed by atoms with Gasteiger partial charge in [0.05, 0.1) is 12.7 Å². The van der Waals surface area contributed by atoms with Crippen molar-refractivity contribution in [2.75, 3.05) is 6.61 Å². The van der Waals surface area contributed by atoms with Gasteiger partial charge in [0.2, 0.25) is 0 Å². The average molecular weight is 319 g/mol. The Hall–Kier alpha value is -0.320. The van der Waals surface area contributed by atoms with Crippen LogP contribution in [0.4, 0.5) is 0 Å². The first-order chi connectivity index (χ1) is 9.52. The summed E-state index contributed by atoms with van der Waals surface area (Å²) in [5.74, 6) is -1.11. The van der Waals surface area contributed by atoms with Gasteiger partial charge in [-0.15, -0.1) is 0 Å². The number of hydrogen-bond acceptors (Lipinski definition) is 3. The van der Waals surface area contributed by atoms with E-state index in [9.17, 15) is 10.2 Å². The fourth-order valence-electron chi connectivity index (χ4n) is 2.61. The lowest BCUT2D eigenvalue weighted by Gasteiger charge is -2.35. The summed E-state index contributed by atoms with van der Waals surface area (Å²) in [6.07, 6.45) is 4.27. The van der Waals surface area contributed by atoms with Crippen molar-refractivity contribution in [3.63, 3.8) is 0 Å². The summed E-state index contributed by atoms with van der Waals surface area (Å²) in [5, 5.41) is 21.0. The summed E-state index contributed by atoms with van der Waals surface area (Å²) in [7, 11) is 0. The highest BCUT2D eigenvalue weighted by Gasteiger charge is 2.33. The second-order valence-corrected chi connectivity index (χ2v) is 6.21. The van der Waals surface area contributed by atoms with Gasteiger partial charge < -0.3 is 14.9 Å². The molecule has 2 rings (SSSR count). The quantitative estimate of drug-likeness (QED) is 0.816. The third-order valence-electron chi connectivity index (χ3n) is 3.69. The number of ether oxygens (including phenoxy) is 1. The lowest BCUT2D eigenvalue weighted by Crippen LogP contribution is -2.40. The summed E-state index contributed by atoms with van der Waals surface area (Å²) >= 11 is 12.0. The number of benzene rings is 1. The van der Waals surface area contributed by atoms with Crippen LogP contribution in [0.15, 0.2) is 18.2 Å². The molecule has 0 bridgehead atoms. The summed E-state index contributed by atoms with van der Waals surface area (Å²) < 4.78 is 5.73. The normalized spacial score (nSPS) is 19.8. The van der Waals surface area contributed by atoms with Crippen LogP contribution < -0.4 is 0 Å². The molecule has 1 atom stereocenters. The van der Waals surface area contributed by atoms with Gasteiger partial charge in [0.1, 0.15) is 0 Å². The Morgan fingerprint density at radius 2 is 1.90 bits per heavy atom. The Morgan fingerprint density at radius 1 is 1.20 bits per heavy atom. The molecule has 0 aromatic heterocycles. The zero-order valence-corrected chi connectivity index (χ0v) is 12.8. The van der Waals surface area contributed by atoms with Crippen LogP contribution in [0.1, 0.15) is 37.7 Å². The van der Waals surface area contributed by atoms with E-state index in [2.05, 4.69) is 0 Å². The minimum absolute atomic E-state index is 0.152. The Morgan fingerprint density at radius 3 is 2.50 bits per heavy atom. The highest BCUT2D eigenvalue weighted by Crippen LogP contribution is 2.31. The molecule has 0 spiro atoms. The van der Waals surface area contributed by atoms with E-state index in [1.165, 1.54) is 0 Å². The molecule has 1 aromatic rings. The molecular formula is C15H20Cl2O3. The standard InChI is InChI=1S/C15H20Cl2O3/c16-12-5-4-11(14(17)9-12)8-13(10-18)20-15(19)6-2-1-3-7-15/h4-5,9,13,18-19H,1-3,6-8,10H2/t13-/m1/s1. The van der Waals surface area contributed by atoms with Gasteiger partial charge >= 0.3 is 0 Å². The zero-order chi connectivity index (χ0) is 14.6. The second kappa shape index (κ2) is 7.10. The van der Waals surface area contributed by atoms with Crippen molar-refractivity contribution in [3.05, 3.63) is 33.8 Å². The minimum Gasteiger partial charge on any atom is -0.394 e. The maximum Gasteiger partial charge on any atom is 0.165 e. The predicted molar refractivity (Wildman–Crippen MR) is 80.2 cm³/mol. The molecule has 1 aromatic carbocycles. The molecule has 0 unspecified atom stereocenters. The molecule has 0 amide bonds. The molecule has 112 valence electrons. The van der Waals surface area contributed by atoms with Crippen LogP contribution in [0.3, 0.4) is 0 Å². The van der Waals surface area contributed by atoms with Crippen LogP contribution in [0, 0.1) is 0 Å². The SMILES string of the molecule is OC[C@@H](Cc1ccc(Cl)cc1Cl)OC1(O)CCCCC1. The molecule has 0 saturated heterocycles. The lowest BCUT2D eigenvalue weighted by atomic mass is 9.94. The van der Waals surface area contributed by atoms with Gasteiger partial charge in [-0.25, -0.2) is 0 Å². The van der Waals surface area contributed by atoms with Gasteiger partial charge in [-0.2, -0.15) is 0 Å². The first kappa shape index (κ1) is 16.1. The third kappa shape index (κ3) is 4.34. The van der Waals surface area contributed by atoms with Crippen LogP contribution in [-0.2, 0) is 11.2 Å². The van der Waals surface area contributed by atoms with E-state index in [4.69, 9.17) is 27.9 Å². The molecule has 1 aliphatic carbocycles. The molecule has 20 heavy (non-hydrogen) atoms. The molecule has 1 saturated carbocycles. The summed E-state index contributed by atoms with van der Waals surface area (Å²) in [6, 6.07) is 5.25. The Kier molecular flexibility index (Phi) is 5.70. The van der Waals surface area contributed by atoms with Gasteiger partial charge in [0.15, 0.2) is 5.79 Å². The Bertz CT molecular complexity index is 445. The molecule has 0 aliphatic heterocycles. The van der Waals surface area contributed by atoms with Crippen molar-refractivity contribution >= 4 is 23.2 Å². The largest absolute Gasteiger partial charge is 0.394 e. The van der Waals surface area contributed by atoms with Gasteiger partial charge in [0.25, 0.3) is 0 Å². The van der Waals surface area contributed by atoms with Crippen molar-refractivity contribution in [1.82, 2.24) is 0 Å². The predicted octanol–water partition coefficient (Wildman–Crippen LogP) is 3.57. The fraction of sp³-hybridized carbons (Fsp3) is 0.600. The van der Waals surface area contributed by atoms with Crippen molar-refractivity contribution < 1.29 is 14.9 Å². The van der Waals surface area contributed by atoms with E-state index >= 15 is 0 Å². The van der Waals surface area contributed by atoms with Crippen LogP contribution in [-0.4, -0.2) is 28.7 Å². The summed E-state index contributed by atoms with van der Waals surface area (Å²) in [6.45, 7) is -0.152. The van der Waals surface area contributed by atoms with Crippen molar-refractivity contribution in [1.29, 1.82) is 0 Å². The maximum atomic E-state index is 10.4. The first-order valence-corrected chi connectivity index (χ1v) is 7.73. The van der Waals surface area contributed by atoms with Crippen molar-refractivity contribution in [2.45, 2.75) is 50.4 Å². The van der Waals surface area contributed by atoms with Crippen molar-refractivity contribution in [2.24, 2.45) is 0 Å². The van der Waals surface area contributed by atoms with E-state index in [0.717, 1.165) is 24.8 Å². The number of aliphatic hydroxyl groups excluding tert-OH is 1. The van der Waals surface area contributed by atoms with E-state index in [0.29, 0.717) is 29.3 Å². The molecule has 1 aliphatic rings. The Labute approximate surface area is 129 Å². The highest BCUT2D eigenvalue weighted by molar-refractivity contribution is 6.35. The van der Waals surface area contributed by atoms with Crippen LogP contribution in [0.25, 0.3) is 0 Å². The number of rotatable bonds is 5. The second-order valence-electron chi connectivity index (χ2n) is 5.37.